The van der Waals surface area contributed by atoms with Gasteiger partial charge < -0.3 is 4.57 Å². The molecule has 11 heavy (non-hydrogen) atoms. The minimum atomic E-state index is 0.650. The maximum Gasteiger partial charge on any atom is 0.341 e. The summed E-state index contributed by atoms with van der Waals surface area (Å²) in [6, 6.07) is 5.53. The summed E-state index contributed by atoms with van der Waals surface area (Å²) in [7, 11) is 0. The molecule has 0 aliphatic rings. The molecule has 1 aromatic heterocycles. The number of rotatable bonds is 1. The van der Waals surface area contributed by atoms with Gasteiger partial charge in [-0.3, -0.25) is 0 Å². The smallest absolute Gasteiger partial charge is 0.327 e. The number of pyridine rings is 1. The Bertz CT molecular complexity index is 331. The Morgan fingerprint density at radius 1 is 1.64 bits per heavy atom. The highest BCUT2D eigenvalue weighted by atomic mass is 15.3. The first kappa shape index (κ1) is 7.48. The minimum absolute atomic E-state index is 0.650. The second-order valence-corrected chi connectivity index (χ2v) is 2.03. The summed E-state index contributed by atoms with van der Waals surface area (Å²) in [6.07, 6.45) is 1.88. The first-order valence-corrected chi connectivity index (χ1v) is 3.42. The highest BCUT2D eigenvalue weighted by molar-refractivity contribution is 4.92. The van der Waals surface area contributed by atoms with E-state index in [0.717, 1.165) is 6.54 Å². The van der Waals surface area contributed by atoms with Gasteiger partial charge in [-0.15, -0.1) is 0 Å². The molecule has 1 aromatic rings. The number of hydrogen-bond donors (Lipinski definition) is 0. The van der Waals surface area contributed by atoms with Gasteiger partial charge >= 0.3 is 5.08 Å². The molecule has 0 atom stereocenters. The van der Waals surface area contributed by atoms with Gasteiger partial charge in [0.1, 0.15) is 0 Å². The third-order valence-electron chi connectivity index (χ3n) is 1.40. The van der Waals surface area contributed by atoms with E-state index in [2.05, 4.69) is 10.2 Å². The molecule has 0 spiro atoms. The summed E-state index contributed by atoms with van der Waals surface area (Å²) in [5.74, 6) is 0. The quantitative estimate of drug-likeness (QED) is 0.436. The van der Waals surface area contributed by atoms with Crippen molar-refractivity contribution in [2.75, 3.05) is 0 Å². The first-order valence-electron chi connectivity index (χ1n) is 3.42. The maximum absolute atomic E-state index is 8.18. The summed E-state index contributed by atoms with van der Waals surface area (Å²) in [5.41, 5.74) is 0.650. The van der Waals surface area contributed by atoms with Crippen LogP contribution in [0, 0.1) is 5.39 Å². The molecule has 4 nitrogen and oxygen atoms in total. The summed E-state index contributed by atoms with van der Waals surface area (Å²) in [4.78, 5) is 0. The molecule has 0 aliphatic heterocycles. The van der Waals surface area contributed by atoms with Crippen LogP contribution in [0.5, 0.6) is 0 Å². The molecule has 56 valence electrons. The van der Waals surface area contributed by atoms with E-state index in [1.165, 1.54) is 0 Å². The molecular formula is C7H9N4+. The van der Waals surface area contributed by atoms with Gasteiger partial charge in [-0.1, -0.05) is 6.07 Å². The van der Waals surface area contributed by atoms with E-state index in [4.69, 9.17) is 5.39 Å². The monoisotopic (exact) mass is 149 g/mol. The van der Waals surface area contributed by atoms with Crippen LogP contribution < -0.4 is 5.49 Å². The van der Waals surface area contributed by atoms with Crippen LogP contribution in [0.4, 0.5) is 0 Å². The lowest BCUT2D eigenvalue weighted by molar-refractivity contribution is 0.711. The minimum Gasteiger partial charge on any atom is -0.327 e. The second kappa shape index (κ2) is 3.52. The van der Waals surface area contributed by atoms with Crippen LogP contribution in [0.2, 0.25) is 0 Å². The van der Waals surface area contributed by atoms with Gasteiger partial charge in [0, 0.05) is 12.7 Å². The first-order chi connectivity index (χ1) is 5.38. The lowest BCUT2D eigenvalue weighted by Crippen LogP contribution is -2.17. The number of diazo groups is 1. The molecule has 0 bridgehead atoms. The largest absolute Gasteiger partial charge is 0.341 e. The SMILES string of the molecule is CCn1ccccc1=N[N+]#N. The van der Waals surface area contributed by atoms with E-state index < -0.39 is 0 Å². The average molecular weight is 149 g/mol. The molecule has 4 heteroatoms. The van der Waals surface area contributed by atoms with E-state index in [0.29, 0.717) is 5.49 Å². The number of hydrogen-bond acceptors (Lipinski definition) is 2. The van der Waals surface area contributed by atoms with Crippen LogP contribution >= 0.6 is 0 Å². The summed E-state index contributed by atoms with van der Waals surface area (Å²) < 4.78 is 1.87. The van der Waals surface area contributed by atoms with Gasteiger partial charge in [0.2, 0.25) is 5.49 Å². The zero-order valence-corrected chi connectivity index (χ0v) is 6.31. The third kappa shape index (κ3) is 1.64. The lowest BCUT2D eigenvalue weighted by Gasteiger charge is -1.96. The van der Waals surface area contributed by atoms with Crippen molar-refractivity contribution in [3.63, 3.8) is 0 Å². The van der Waals surface area contributed by atoms with Crippen LogP contribution in [0.1, 0.15) is 6.92 Å². The summed E-state index contributed by atoms with van der Waals surface area (Å²) >= 11 is 0. The molecular weight excluding hydrogens is 140 g/mol. The van der Waals surface area contributed by atoms with Gasteiger partial charge in [-0.25, -0.2) is 0 Å². The lowest BCUT2D eigenvalue weighted by atomic mass is 10.4. The normalized spacial score (nSPS) is 11.1. The molecule has 0 unspecified atom stereocenters. The van der Waals surface area contributed by atoms with Crippen LogP contribution in [-0.4, -0.2) is 4.57 Å². The maximum atomic E-state index is 8.18. The molecule has 1 rings (SSSR count). The van der Waals surface area contributed by atoms with Gasteiger partial charge in [0.05, 0.1) is 0 Å². The van der Waals surface area contributed by atoms with Crippen LogP contribution in [0.15, 0.2) is 29.5 Å². The summed E-state index contributed by atoms with van der Waals surface area (Å²) in [6.45, 7) is 2.81. The Kier molecular flexibility index (Phi) is 2.39. The van der Waals surface area contributed by atoms with E-state index in [-0.39, 0.29) is 0 Å². The fraction of sp³-hybridized carbons (Fsp3) is 0.286. The average Bonchev–Trinajstić information content (AvgIpc) is 2.06. The Labute approximate surface area is 64.4 Å². The fourth-order valence-corrected chi connectivity index (χ4v) is 0.871. The number of nitrogens with zero attached hydrogens (tertiary/aromatic N) is 4. The van der Waals surface area contributed by atoms with Gasteiger partial charge in [-0.05, 0) is 19.1 Å². The van der Waals surface area contributed by atoms with Crippen molar-refractivity contribution in [2.45, 2.75) is 13.5 Å². The number of aromatic nitrogens is 1. The fourth-order valence-electron chi connectivity index (χ4n) is 0.871. The van der Waals surface area contributed by atoms with Crippen molar-refractivity contribution >= 4 is 0 Å². The molecule has 0 aliphatic carbocycles. The highest BCUT2D eigenvalue weighted by Gasteiger charge is 1.91. The number of aryl methyl sites for hydroxylation is 1. The Morgan fingerprint density at radius 2 is 2.45 bits per heavy atom. The zero-order chi connectivity index (χ0) is 8.10. The van der Waals surface area contributed by atoms with Crippen molar-refractivity contribution < 1.29 is 0 Å². The standard InChI is InChI=1S/C7H9N4/c1-2-11-6-4-3-5-7(11)9-10-8/h3-6H,2H2,1H3/q+1. The Hall–Kier alpha value is -1.63. The van der Waals surface area contributed by atoms with Crippen molar-refractivity contribution in [1.82, 2.24) is 4.57 Å². The van der Waals surface area contributed by atoms with Crippen molar-refractivity contribution in [3.8, 4) is 0 Å². The van der Waals surface area contributed by atoms with E-state index in [9.17, 15) is 0 Å². The van der Waals surface area contributed by atoms with Crippen molar-refractivity contribution in [3.05, 3.63) is 35.0 Å². The Morgan fingerprint density at radius 3 is 3.09 bits per heavy atom. The third-order valence-corrected chi connectivity index (χ3v) is 1.40. The zero-order valence-electron chi connectivity index (χ0n) is 6.31. The van der Waals surface area contributed by atoms with Crippen molar-refractivity contribution in [1.29, 1.82) is 5.39 Å². The van der Waals surface area contributed by atoms with Gasteiger partial charge in [0.15, 0.2) is 5.10 Å². The predicted molar refractivity (Wildman–Crippen MR) is 40.8 cm³/mol. The van der Waals surface area contributed by atoms with Crippen LogP contribution in [0.25, 0.3) is 5.08 Å². The molecule has 0 saturated carbocycles. The van der Waals surface area contributed by atoms with E-state index in [1.807, 2.05) is 29.8 Å². The highest BCUT2D eigenvalue weighted by Crippen LogP contribution is 1.81. The van der Waals surface area contributed by atoms with Gasteiger partial charge in [-0.2, -0.15) is 0 Å². The van der Waals surface area contributed by atoms with E-state index >= 15 is 0 Å². The van der Waals surface area contributed by atoms with E-state index in [1.54, 1.807) is 6.07 Å². The summed E-state index contributed by atoms with van der Waals surface area (Å²) in [5, 5.41) is 14.4. The van der Waals surface area contributed by atoms with Crippen molar-refractivity contribution in [2.24, 2.45) is 5.10 Å². The molecule has 0 radical (unpaired) electrons. The van der Waals surface area contributed by atoms with Crippen LogP contribution in [0.3, 0.4) is 0 Å². The van der Waals surface area contributed by atoms with Gasteiger partial charge in [0.25, 0.3) is 5.39 Å². The topological polar surface area (TPSA) is 45.4 Å². The van der Waals surface area contributed by atoms with Crippen LogP contribution in [-0.2, 0) is 6.54 Å². The molecule has 0 aromatic carbocycles. The molecule has 1 heterocycles. The predicted octanol–water partition coefficient (Wildman–Crippen LogP) is 1.18. The Balaban J connectivity index is 3.26. The second-order valence-electron chi connectivity index (χ2n) is 2.03. The molecule has 0 saturated heterocycles. The molecule has 0 fully saturated rings. The molecule has 0 amide bonds. The molecule has 0 N–H and O–H groups in total.